The average molecular weight is 969 g/mol. The molecule has 0 radical (unpaired) electrons. The first-order valence-electron chi connectivity index (χ1n) is 24.4. The molecule has 350 valence electrons. The van der Waals surface area contributed by atoms with Crippen molar-refractivity contribution in [1.82, 2.24) is 29.1 Å². The molecule has 4 heterocycles. The first kappa shape index (κ1) is 44.6. The predicted octanol–water partition coefficient (Wildman–Crippen LogP) is 16.3. The third-order valence-electron chi connectivity index (χ3n) is 13.9. The molecular weight excluding hydrogens is 933 g/mol. The number of hydrogen-bond donors (Lipinski definition) is 0. The van der Waals surface area contributed by atoms with E-state index in [2.05, 4.69) is 116 Å². The van der Waals surface area contributed by atoms with Gasteiger partial charge in [0.25, 0.3) is 0 Å². The molecule has 0 bridgehead atoms. The van der Waals surface area contributed by atoms with Crippen molar-refractivity contribution in [2.75, 3.05) is 0 Å². The molecular formula is C66H36N10. The summed E-state index contributed by atoms with van der Waals surface area (Å²) in [6.45, 7) is 15.5. The standard InChI is InChI=1S/C66H36N10/c1-69-50-32-49(33-51(37-50)70-2)46-22-25-60-55(35-46)52-17-9-11-19-58(52)75(60)62-26-23-47(66-73-64(43-13-5-3-6-14-43)72-65(74-66)44-15-7-4-8-16-44)36-56(62)57-40-71-28-27-63(57)76-59-20-12-10-18-53(59)54-34-45(21-24-61(54)76)48-30-41(38-67)29-42(31-48)39-68/h3-37,40H. The number of fused-ring (bicyclic) bond motifs is 6. The van der Waals surface area contributed by atoms with Crippen molar-refractivity contribution in [2.24, 2.45) is 0 Å². The van der Waals surface area contributed by atoms with E-state index in [9.17, 15) is 10.5 Å². The molecule has 76 heavy (non-hydrogen) atoms. The summed E-state index contributed by atoms with van der Waals surface area (Å²) in [4.78, 5) is 27.6. The Morgan fingerprint density at radius 2 is 0.829 bits per heavy atom. The lowest BCUT2D eigenvalue weighted by atomic mass is 9.98. The van der Waals surface area contributed by atoms with Gasteiger partial charge in [-0.25, -0.2) is 24.6 Å². The van der Waals surface area contributed by atoms with E-state index in [-0.39, 0.29) is 0 Å². The predicted molar refractivity (Wildman–Crippen MR) is 301 cm³/mol. The van der Waals surface area contributed by atoms with Crippen LogP contribution in [0.25, 0.3) is 132 Å². The van der Waals surface area contributed by atoms with Crippen LogP contribution in [0.2, 0.25) is 0 Å². The van der Waals surface area contributed by atoms with Gasteiger partial charge in [-0.15, -0.1) is 0 Å². The van der Waals surface area contributed by atoms with E-state index in [1.165, 1.54) is 0 Å². The van der Waals surface area contributed by atoms with Gasteiger partial charge >= 0.3 is 0 Å². The molecule has 0 aliphatic heterocycles. The molecule has 0 N–H and O–H groups in total. The number of nitriles is 2. The maximum absolute atomic E-state index is 9.87. The summed E-state index contributed by atoms with van der Waals surface area (Å²) in [6.07, 6.45) is 3.75. The van der Waals surface area contributed by atoms with Crippen molar-refractivity contribution in [1.29, 1.82) is 10.5 Å². The van der Waals surface area contributed by atoms with E-state index in [1.807, 2.05) is 122 Å². The van der Waals surface area contributed by atoms with Crippen LogP contribution in [0, 0.1) is 35.8 Å². The van der Waals surface area contributed by atoms with Gasteiger partial charge in [0.2, 0.25) is 0 Å². The third kappa shape index (κ3) is 7.64. The summed E-state index contributed by atoms with van der Waals surface area (Å²) in [5.74, 6) is 1.60. The Hall–Kier alpha value is -11.3. The van der Waals surface area contributed by atoms with E-state index in [1.54, 1.807) is 12.1 Å². The number of benzene rings is 9. The summed E-state index contributed by atoms with van der Waals surface area (Å²) in [5.41, 5.74) is 14.9. The zero-order valence-corrected chi connectivity index (χ0v) is 40.3. The van der Waals surface area contributed by atoms with Gasteiger partial charge in [-0.3, -0.25) is 4.98 Å². The Bertz CT molecular complexity index is 4570. The van der Waals surface area contributed by atoms with Crippen LogP contribution in [-0.2, 0) is 0 Å². The van der Waals surface area contributed by atoms with Gasteiger partial charge < -0.3 is 9.13 Å². The lowest BCUT2D eigenvalue weighted by molar-refractivity contribution is 1.07. The molecule has 4 aromatic heterocycles. The lowest BCUT2D eigenvalue weighted by Crippen LogP contribution is -2.04. The number of aromatic nitrogens is 6. The maximum Gasteiger partial charge on any atom is 0.177 e. The minimum atomic E-state index is 0.413. The molecule has 10 heteroatoms. The van der Waals surface area contributed by atoms with Crippen LogP contribution in [-0.4, -0.2) is 29.1 Å². The number of rotatable bonds is 8. The van der Waals surface area contributed by atoms with Crippen molar-refractivity contribution in [2.45, 2.75) is 0 Å². The summed E-state index contributed by atoms with van der Waals surface area (Å²) in [5, 5.41) is 23.8. The molecule has 10 nitrogen and oxygen atoms in total. The molecule has 0 fully saturated rings. The Labute approximate surface area is 436 Å². The highest BCUT2D eigenvalue weighted by atomic mass is 15.0. The van der Waals surface area contributed by atoms with Gasteiger partial charge in [-0.1, -0.05) is 127 Å². The fourth-order valence-corrected chi connectivity index (χ4v) is 10.5. The molecule has 0 atom stereocenters. The normalized spacial score (nSPS) is 11.1. The summed E-state index contributed by atoms with van der Waals surface area (Å²) in [6, 6.07) is 72.6. The Kier molecular flexibility index (Phi) is 10.8. The van der Waals surface area contributed by atoms with Crippen molar-refractivity contribution in [3.8, 4) is 91.1 Å². The first-order valence-corrected chi connectivity index (χ1v) is 24.4. The van der Waals surface area contributed by atoms with Gasteiger partial charge in [-0.2, -0.15) is 10.5 Å². The van der Waals surface area contributed by atoms with E-state index >= 15 is 0 Å². The molecule has 0 spiro atoms. The van der Waals surface area contributed by atoms with Crippen molar-refractivity contribution >= 4 is 55.0 Å². The second-order valence-corrected chi connectivity index (χ2v) is 18.3. The van der Waals surface area contributed by atoms with E-state index in [4.69, 9.17) is 33.1 Å². The molecule has 0 unspecified atom stereocenters. The summed E-state index contributed by atoms with van der Waals surface area (Å²) < 4.78 is 4.58. The quantitative estimate of drug-likeness (QED) is 0.140. The molecule has 13 aromatic rings. The molecule has 0 saturated heterocycles. The number of pyridine rings is 1. The van der Waals surface area contributed by atoms with Crippen LogP contribution in [0.1, 0.15) is 11.1 Å². The third-order valence-corrected chi connectivity index (χ3v) is 13.9. The minimum Gasteiger partial charge on any atom is -0.309 e. The van der Waals surface area contributed by atoms with Gasteiger partial charge in [0.15, 0.2) is 28.8 Å². The highest BCUT2D eigenvalue weighted by Gasteiger charge is 2.23. The fraction of sp³-hybridized carbons (Fsp3) is 0. The number of para-hydroxylation sites is 2. The maximum atomic E-state index is 9.87. The Morgan fingerprint density at radius 1 is 0.368 bits per heavy atom. The topological polar surface area (TPSA) is 118 Å². The Morgan fingerprint density at radius 3 is 1.36 bits per heavy atom. The Balaban J connectivity index is 1.08. The van der Waals surface area contributed by atoms with Gasteiger partial charge in [0, 0.05) is 61.8 Å². The first-order chi connectivity index (χ1) is 37.5. The molecule has 0 aliphatic carbocycles. The highest BCUT2D eigenvalue weighted by molar-refractivity contribution is 6.13. The van der Waals surface area contributed by atoms with E-state index in [0.29, 0.717) is 40.0 Å². The van der Waals surface area contributed by atoms with Crippen molar-refractivity contribution in [3.63, 3.8) is 0 Å². The second kappa shape index (κ2) is 18.4. The van der Waals surface area contributed by atoms with E-state index in [0.717, 1.165) is 105 Å². The van der Waals surface area contributed by atoms with Crippen LogP contribution >= 0.6 is 0 Å². The zero-order chi connectivity index (χ0) is 51.3. The largest absolute Gasteiger partial charge is 0.309 e. The van der Waals surface area contributed by atoms with Gasteiger partial charge in [-0.05, 0) is 101 Å². The number of nitrogens with zero attached hydrogens (tertiary/aromatic N) is 10. The molecule has 0 aliphatic rings. The van der Waals surface area contributed by atoms with Crippen molar-refractivity contribution < 1.29 is 0 Å². The van der Waals surface area contributed by atoms with E-state index < -0.39 is 0 Å². The average Bonchev–Trinajstić information content (AvgIpc) is 4.10. The SMILES string of the molecule is [C-]#[N+]c1cc([N+]#[C-])cc(-c2ccc3c(c2)c2ccccc2n3-c2ccc(-c3nc(-c4ccccc4)nc(-c4ccccc4)n3)cc2-c2cnccc2-n2c3ccccc3c3cc(-c4cc(C#N)cc(C#N)c4)ccc32)c1. The zero-order valence-electron chi connectivity index (χ0n) is 40.3. The lowest BCUT2D eigenvalue weighted by Gasteiger charge is -2.19. The van der Waals surface area contributed by atoms with Gasteiger partial charge in [0.05, 0.1) is 69.9 Å². The molecule has 0 saturated carbocycles. The molecule has 0 amide bonds. The van der Waals surface area contributed by atoms with Gasteiger partial charge in [0.1, 0.15) is 0 Å². The minimum absolute atomic E-state index is 0.413. The number of hydrogen-bond acceptors (Lipinski definition) is 6. The molecule has 9 aromatic carbocycles. The van der Waals surface area contributed by atoms with Crippen LogP contribution in [0.3, 0.4) is 0 Å². The highest BCUT2D eigenvalue weighted by Crippen LogP contribution is 2.44. The van der Waals surface area contributed by atoms with Crippen LogP contribution in [0.5, 0.6) is 0 Å². The monoisotopic (exact) mass is 968 g/mol. The smallest absolute Gasteiger partial charge is 0.177 e. The van der Waals surface area contributed by atoms with Crippen LogP contribution in [0.15, 0.2) is 219 Å². The van der Waals surface area contributed by atoms with Crippen molar-refractivity contribution in [3.05, 3.63) is 253 Å². The second-order valence-electron chi connectivity index (χ2n) is 18.3. The molecule has 13 rings (SSSR count). The fourth-order valence-electron chi connectivity index (χ4n) is 10.5. The summed E-state index contributed by atoms with van der Waals surface area (Å²) >= 11 is 0. The van der Waals surface area contributed by atoms with Crippen LogP contribution < -0.4 is 0 Å². The van der Waals surface area contributed by atoms with Crippen LogP contribution in [0.4, 0.5) is 11.4 Å². The summed E-state index contributed by atoms with van der Waals surface area (Å²) in [7, 11) is 0.